The van der Waals surface area contributed by atoms with Gasteiger partial charge in [0.25, 0.3) is 5.91 Å². The molecule has 1 aliphatic carbocycles. The number of hydrogen-bond donors (Lipinski definition) is 3. The lowest BCUT2D eigenvalue weighted by molar-refractivity contribution is -0.136. The number of benzene rings is 2. The third kappa shape index (κ3) is 4.17. The molecule has 2 aromatic rings. The molecule has 0 bridgehead atoms. The summed E-state index contributed by atoms with van der Waals surface area (Å²) in [7, 11) is 1.37. The Bertz CT molecular complexity index is 1040. The van der Waals surface area contributed by atoms with Gasteiger partial charge in [-0.25, -0.2) is 4.79 Å². The minimum atomic E-state index is -0.945. The van der Waals surface area contributed by atoms with E-state index in [4.69, 9.17) is 9.84 Å². The lowest BCUT2D eigenvalue weighted by Crippen LogP contribution is -2.30. The molecule has 2 aromatic carbocycles. The van der Waals surface area contributed by atoms with Crippen LogP contribution in [0.2, 0.25) is 0 Å². The Kier molecular flexibility index (Phi) is 5.75. The number of fused-ring (bicyclic) bond motifs is 3. The van der Waals surface area contributed by atoms with Gasteiger partial charge in [-0.15, -0.1) is 0 Å². The number of nitrogens with one attached hydrogen (secondary N) is 2. The fourth-order valence-electron chi connectivity index (χ4n) is 4.40. The van der Waals surface area contributed by atoms with E-state index in [1.54, 1.807) is 18.2 Å². The Balaban J connectivity index is 1.57. The number of methoxy groups -OCH3 is 1. The van der Waals surface area contributed by atoms with E-state index in [0.717, 1.165) is 23.2 Å². The van der Waals surface area contributed by atoms with Crippen LogP contribution in [0.3, 0.4) is 0 Å². The number of esters is 1. The van der Waals surface area contributed by atoms with E-state index < -0.39 is 5.97 Å². The first-order chi connectivity index (χ1) is 15.0. The molecule has 1 heterocycles. The van der Waals surface area contributed by atoms with Crippen molar-refractivity contribution in [3.05, 3.63) is 76.9 Å². The molecule has 3 N–H and O–H groups in total. The molecule has 0 radical (unpaired) electrons. The van der Waals surface area contributed by atoms with Gasteiger partial charge < -0.3 is 20.5 Å². The maximum atomic E-state index is 12.4. The molecule has 3 atom stereocenters. The Morgan fingerprint density at radius 3 is 2.58 bits per heavy atom. The van der Waals surface area contributed by atoms with Crippen molar-refractivity contribution in [3.8, 4) is 0 Å². The van der Waals surface area contributed by atoms with E-state index in [1.165, 1.54) is 7.11 Å². The van der Waals surface area contributed by atoms with Gasteiger partial charge >= 0.3 is 11.9 Å². The highest BCUT2D eigenvalue weighted by molar-refractivity contribution is 5.95. The van der Waals surface area contributed by atoms with Gasteiger partial charge in [-0.1, -0.05) is 24.3 Å². The first kappa shape index (κ1) is 20.7. The summed E-state index contributed by atoms with van der Waals surface area (Å²) < 4.78 is 4.78. The van der Waals surface area contributed by atoms with Gasteiger partial charge in [-0.2, -0.15) is 0 Å². The molecule has 7 heteroatoms. The number of ether oxygens (including phenoxy) is 1. The quantitative estimate of drug-likeness (QED) is 0.488. The Morgan fingerprint density at radius 2 is 1.87 bits per heavy atom. The SMILES string of the molecule is COC(=O)c1ccc([C@H]2Nc3ccc(C(=O)NCCC(=O)O)cc3[C@H]3C=CC[C@H]32)cc1. The number of anilines is 1. The van der Waals surface area contributed by atoms with E-state index in [0.29, 0.717) is 17.0 Å². The standard InChI is InChI=1S/C24H24N2O5/c1-31-24(30)15-7-5-14(6-8-15)22-18-4-2-3-17(18)19-13-16(9-10-20(19)26-22)23(29)25-12-11-21(27)28/h2-3,5-10,13,17-18,22,26H,4,11-12H2,1H3,(H,25,29)(H,27,28)/t17-,18+,22+/m0/s1. The van der Waals surface area contributed by atoms with Crippen LogP contribution in [0, 0.1) is 5.92 Å². The van der Waals surface area contributed by atoms with E-state index in [2.05, 4.69) is 22.8 Å². The predicted octanol–water partition coefficient (Wildman–Crippen LogP) is 3.50. The summed E-state index contributed by atoms with van der Waals surface area (Å²) in [4.78, 5) is 34.8. The third-order valence-electron chi connectivity index (χ3n) is 5.94. The van der Waals surface area contributed by atoms with Gasteiger partial charge in [0.05, 0.1) is 25.1 Å². The van der Waals surface area contributed by atoms with Crippen LogP contribution in [-0.2, 0) is 9.53 Å². The van der Waals surface area contributed by atoms with Crippen LogP contribution in [-0.4, -0.2) is 36.6 Å². The number of carbonyl (C=O) groups excluding carboxylic acids is 2. The maximum absolute atomic E-state index is 12.4. The summed E-state index contributed by atoms with van der Waals surface area (Å²) in [6.07, 6.45) is 5.16. The van der Waals surface area contributed by atoms with Crippen LogP contribution in [0.4, 0.5) is 5.69 Å². The van der Waals surface area contributed by atoms with Gasteiger partial charge in [0.15, 0.2) is 0 Å². The monoisotopic (exact) mass is 420 g/mol. The zero-order chi connectivity index (χ0) is 22.0. The number of rotatable bonds is 6. The van der Waals surface area contributed by atoms with Crippen LogP contribution >= 0.6 is 0 Å². The molecule has 7 nitrogen and oxygen atoms in total. The Labute approximate surface area is 180 Å². The number of hydrogen-bond acceptors (Lipinski definition) is 5. The summed E-state index contributed by atoms with van der Waals surface area (Å²) in [6.45, 7) is 0.0963. The summed E-state index contributed by atoms with van der Waals surface area (Å²) in [6, 6.07) is 13.1. The summed E-state index contributed by atoms with van der Waals surface area (Å²) in [5.41, 5.74) is 4.16. The van der Waals surface area contributed by atoms with Crippen LogP contribution < -0.4 is 10.6 Å². The van der Waals surface area contributed by atoms with Gasteiger partial charge in [0.1, 0.15) is 0 Å². The fourth-order valence-corrected chi connectivity index (χ4v) is 4.40. The number of allylic oxidation sites excluding steroid dienone is 2. The molecule has 4 rings (SSSR count). The van der Waals surface area contributed by atoms with Crippen LogP contribution in [0.1, 0.15) is 56.6 Å². The number of aliphatic carboxylic acids is 1. The van der Waals surface area contributed by atoms with Crippen molar-refractivity contribution in [2.24, 2.45) is 5.92 Å². The number of carboxylic acid groups (broad SMARTS) is 1. The molecule has 2 aliphatic rings. The highest BCUT2D eigenvalue weighted by Gasteiger charge is 2.38. The lowest BCUT2D eigenvalue weighted by Gasteiger charge is -2.37. The molecule has 0 saturated carbocycles. The molecule has 0 fully saturated rings. The van der Waals surface area contributed by atoms with Gasteiger partial charge in [-0.05, 0) is 53.8 Å². The van der Waals surface area contributed by atoms with Crippen molar-refractivity contribution in [3.63, 3.8) is 0 Å². The molecule has 1 amide bonds. The average molecular weight is 420 g/mol. The molecule has 0 saturated heterocycles. The van der Waals surface area contributed by atoms with Crippen LogP contribution in [0.25, 0.3) is 0 Å². The first-order valence-corrected chi connectivity index (χ1v) is 10.2. The van der Waals surface area contributed by atoms with E-state index in [9.17, 15) is 14.4 Å². The number of carboxylic acids is 1. The predicted molar refractivity (Wildman–Crippen MR) is 115 cm³/mol. The molecule has 0 spiro atoms. The minimum absolute atomic E-state index is 0.0782. The molecule has 160 valence electrons. The molecule has 0 unspecified atom stereocenters. The molecule has 1 aliphatic heterocycles. The summed E-state index contributed by atoms with van der Waals surface area (Å²) in [5, 5.41) is 15.0. The summed E-state index contributed by atoms with van der Waals surface area (Å²) >= 11 is 0. The van der Waals surface area contributed by atoms with Crippen molar-refractivity contribution in [1.82, 2.24) is 5.32 Å². The lowest BCUT2D eigenvalue weighted by atomic mass is 9.76. The second-order valence-electron chi connectivity index (χ2n) is 7.79. The van der Waals surface area contributed by atoms with Crippen LogP contribution in [0.5, 0.6) is 0 Å². The normalized spacial score (nSPS) is 20.9. The third-order valence-corrected chi connectivity index (χ3v) is 5.94. The van der Waals surface area contributed by atoms with E-state index in [-0.39, 0.29) is 36.8 Å². The van der Waals surface area contributed by atoms with Gasteiger partial charge in [0.2, 0.25) is 0 Å². The first-order valence-electron chi connectivity index (χ1n) is 10.2. The zero-order valence-electron chi connectivity index (χ0n) is 17.1. The Hall–Kier alpha value is -3.61. The van der Waals surface area contributed by atoms with E-state index >= 15 is 0 Å². The van der Waals surface area contributed by atoms with Crippen molar-refractivity contribution >= 4 is 23.5 Å². The van der Waals surface area contributed by atoms with Crippen molar-refractivity contribution < 1.29 is 24.2 Å². The van der Waals surface area contributed by atoms with Crippen molar-refractivity contribution in [2.45, 2.75) is 24.8 Å². The van der Waals surface area contributed by atoms with E-state index in [1.807, 2.05) is 24.3 Å². The summed E-state index contributed by atoms with van der Waals surface area (Å²) in [5.74, 6) is -1.11. The van der Waals surface area contributed by atoms with Crippen molar-refractivity contribution in [1.29, 1.82) is 0 Å². The second kappa shape index (κ2) is 8.63. The number of amides is 1. The van der Waals surface area contributed by atoms with Gasteiger partial charge in [-0.3, -0.25) is 9.59 Å². The molecular formula is C24H24N2O5. The largest absolute Gasteiger partial charge is 0.481 e. The second-order valence-corrected chi connectivity index (χ2v) is 7.79. The Morgan fingerprint density at radius 1 is 1.13 bits per heavy atom. The topological polar surface area (TPSA) is 105 Å². The molecule has 0 aromatic heterocycles. The average Bonchev–Trinajstić information content (AvgIpc) is 3.28. The van der Waals surface area contributed by atoms with Gasteiger partial charge in [0, 0.05) is 23.7 Å². The molecule has 31 heavy (non-hydrogen) atoms. The van der Waals surface area contributed by atoms with Crippen LogP contribution in [0.15, 0.2) is 54.6 Å². The smallest absolute Gasteiger partial charge is 0.337 e. The van der Waals surface area contributed by atoms with Crippen molar-refractivity contribution in [2.75, 3.05) is 19.0 Å². The zero-order valence-corrected chi connectivity index (χ0v) is 17.1. The minimum Gasteiger partial charge on any atom is -0.481 e. The fraction of sp³-hybridized carbons (Fsp3) is 0.292. The maximum Gasteiger partial charge on any atom is 0.337 e. The number of carbonyl (C=O) groups is 3. The highest BCUT2D eigenvalue weighted by atomic mass is 16.5. The highest BCUT2D eigenvalue weighted by Crippen LogP contribution is 2.49. The molecular weight excluding hydrogens is 396 g/mol.